The summed E-state index contributed by atoms with van der Waals surface area (Å²) in [6.45, 7) is 0. The van der Waals surface area contributed by atoms with Gasteiger partial charge in [-0.1, -0.05) is 0 Å². The van der Waals surface area contributed by atoms with Crippen molar-refractivity contribution >= 4 is 0 Å². The minimum absolute atomic E-state index is 0. The van der Waals surface area contributed by atoms with Gasteiger partial charge in [0.2, 0.25) is 0 Å². The van der Waals surface area contributed by atoms with Gasteiger partial charge in [0, 0.05) is 0 Å². The second-order valence-corrected chi connectivity index (χ2v) is 0.238. The summed E-state index contributed by atoms with van der Waals surface area (Å²) in [6, 6.07) is 0. The summed E-state index contributed by atoms with van der Waals surface area (Å²) in [5.74, 6) is 0. The average Bonchev–Trinajstić information content (AvgIpc) is 0.811. The van der Waals surface area contributed by atoms with E-state index in [0.717, 1.165) is 0 Å². The van der Waals surface area contributed by atoms with Gasteiger partial charge in [0.1, 0.15) is 0 Å². The Morgan fingerprint density at radius 1 is 1.67 bits per heavy atom. The molecule has 0 saturated heterocycles. The van der Waals surface area contributed by atoms with Gasteiger partial charge in [0.15, 0.2) is 0 Å². The van der Waals surface area contributed by atoms with Crippen LogP contribution in [0, 0.1) is 10.1 Å². The van der Waals surface area contributed by atoms with Crippen LogP contribution in [0.1, 0.15) is 0 Å². The summed E-state index contributed by atoms with van der Waals surface area (Å²) in [6.07, 6.45) is 0. The fraction of sp³-hybridized carbons (Fsp3) is 0. The fourth-order valence-corrected chi connectivity index (χ4v) is 0. The Labute approximate surface area is 56.7 Å². The molecule has 0 aliphatic rings. The maximum absolute atomic E-state index is 8.36. The Balaban J connectivity index is -0.0000000450. The first-order valence-corrected chi connectivity index (χ1v) is 0.565. The van der Waals surface area contributed by atoms with Gasteiger partial charge in [-0.3, -0.25) is 0 Å². The van der Waals surface area contributed by atoms with Crippen molar-refractivity contribution in [3.8, 4) is 0 Å². The zero-order valence-electron chi connectivity index (χ0n) is 3.09. The van der Waals surface area contributed by atoms with Crippen molar-refractivity contribution in [1.82, 2.24) is 0 Å². The third-order valence-corrected chi connectivity index (χ3v) is 0. The zero-order valence-corrected chi connectivity index (χ0v) is 4.27. The van der Waals surface area contributed by atoms with Crippen LogP contribution >= 0.6 is 0 Å². The first-order chi connectivity index (χ1) is 1.73. The summed E-state index contributed by atoms with van der Waals surface area (Å²) in [4.78, 5) is 8.36. The Bertz CT molecular complexity index is 33.8. The molecule has 0 saturated carbocycles. The van der Waals surface area contributed by atoms with Gasteiger partial charge in [0.05, 0.1) is 0 Å². The van der Waals surface area contributed by atoms with E-state index in [1.165, 1.54) is 0 Å². The van der Waals surface area contributed by atoms with Crippen LogP contribution < -0.4 is 18.9 Å². The van der Waals surface area contributed by atoms with Crippen molar-refractivity contribution in [2.75, 3.05) is 0 Å². The molecule has 0 rings (SSSR count). The fourth-order valence-electron chi connectivity index (χ4n) is 0. The third kappa shape index (κ3) is 473. The van der Waals surface area contributed by atoms with Crippen LogP contribution in [0.15, 0.2) is 0 Å². The largest absolute Gasteiger partial charge is 2.00 e. The predicted molar refractivity (Wildman–Crippen MR) is 8.78 cm³/mol. The SMILES string of the molecule is O=[N+]([O-])O.[Li+].[Mn+2]. The van der Waals surface area contributed by atoms with E-state index in [-0.39, 0.29) is 35.9 Å². The molecule has 4 nitrogen and oxygen atoms in total. The van der Waals surface area contributed by atoms with Crippen molar-refractivity contribution in [1.29, 1.82) is 0 Å². The second kappa shape index (κ2) is 9.01. The van der Waals surface area contributed by atoms with E-state index >= 15 is 0 Å². The van der Waals surface area contributed by atoms with Gasteiger partial charge in [-0.25, -0.2) is 0 Å². The Morgan fingerprint density at radius 2 is 1.67 bits per heavy atom. The molecule has 0 aromatic rings. The van der Waals surface area contributed by atoms with Crippen LogP contribution in [0.4, 0.5) is 0 Å². The Morgan fingerprint density at radius 3 is 1.67 bits per heavy atom. The number of nitrogens with zero attached hydrogens (tertiary/aromatic N) is 1. The molecule has 0 heterocycles. The van der Waals surface area contributed by atoms with Gasteiger partial charge in [-0.05, 0) is 0 Å². The molecule has 1 radical (unpaired) electrons. The van der Waals surface area contributed by atoms with Gasteiger partial charge in [-0.2, -0.15) is 0 Å². The Hall–Kier alpha value is 0.317. The molecule has 0 atom stereocenters. The van der Waals surface area contributed by atoms with E-state index < -0.39 is 5.09 Å². The summed E-state index contributed by atoms with van der Waals surface area (Å²) in [7, 11) is 0. The van der Waals surface area contributed by atoms with Gasteiger partial charge in [0.25, 0.3) is 5.09 Å². The van der Waals surface area contributed by atoms with Crippen molar-refractivity contribution in [3.63, 3.8) is 0 Å². The average molecular weight is 125 g/mol. The zero-order chi connectivity index (χ0) is 3.58. The first-order valence-electron chi connectivity index (χ1n) is 0.565. The Kier molecular flexibility index (Phi) is 24.4. The maximum atomic E-state index is 8.36. The van der Waals surface area contributed by atoms with E-state index in [1.807, 2.05) is 0 Å². The molecule has 0 fully saturated rings. The summed E-state index contributed by atoms with van der Waals surface area (Å²) < 4.78 is 0. The van der Waals surface area contributed by atoms with Crippen LogP contribution in [-0.2, 0) is 17.1 Å². The molecule has 0 aliphatic carbocycles. The number of hydrogen-bond acceptors (Lipinski definition) is 2. The molecule has 0 aromatic heterocycles. The molecule has 6 heavy (non-hydrogen) atoms. The number of hydrogen-bond donors (Lipinski definition) is 1. The topological polar surface area (TPSA) is 63.4 Å². The molecule has 0 aromatic carbocycles. The van der Waals surface area contributed by atoms with E-state index in [0.29, 0.717) is 0 Å². The van der Waals surface area contributed by atoms with Crippen LogP contribution in [0.25, 0.3) is 0 Å². The summed E-state index contributed by atoms with van der Waals surface area (Å²) in [5, 5.41) is 13.6. The summed E-state index contributed by atoms with van der Waals surface area (Å²) >= 11 is 0. The summed E-state index contributed by atoms with van der Waals surface area (Å²) in [5.41, 5.74) is 0. The molecule has 0 spiro atoms. The van der Waals surface area contributed by atoms with Crippen LogP contribution in [0.3, 0.4) is 0 Å². The molecule has 0 amide bonds. The van der Waals surface area contributed by atoms with E-state index in [9.17, 15) is 0 Å². The second-order valence-electron chi connectivity index (χ2n) is 0.238. The minimum atomic E-state index is -1.50. The number of rotatable bonds is 0. The molecule has 0 bridgehead atoms. The van der Waals surface area contributed by atoms with Gasteiger partial charge in [-0.15, -0.1) is 10.1 Å². The maximum Gasteiger partial charge on any atom is 2.00 e. The van der Waals surface area contributed by atoms with Crippen LogP contribution in [0.5, 0.6) is 0 Å². The first kappa shape index (κ1) is 16.2. The molecule has 6 heteroatoms. The molecule has 0 aliphatic heterocycles. The van der Waals surface area contributed by atoms with Crippen molar-refractivity contribution in [2.45, 2.75) is 0 Å². The monoisotopic (exact) mass is 125 g/mol. The quantitative estimate of drug-likeness (QED) is 0.209. The van der Waals surface area contributed by atoms with E-state index in [4.69, 9.17) is 15.3 Å². The van der Waals surface area contributed by atoms with Gasteiger partial charge < -0.3 is 5.21 Å². The molecule has 0 unspecified atom stereocenters. The van der Waals surface area contributed by atoms with Crippen molar-refractivity contribution in [3.05, 3.63) is 10.1 Å². The standard InChI is InChI=1S/Li.Mn.HNO3/c;;2-1(3)4/h;;(H,2,3,4)/q+1;+2;. The van der Waals surface area contributed by atoms with E-state index in [2.05, 4.69) is 0 Å². The minimum Gasteiger partial charge on any atom is -0.328 e. The smallest absolute Gasteiger partial charge is 0.328 e. The third-order valence-electron chi connectivity index (χ3n) is 0. The van der Waals surface area contributed by atoms with Crippen molar-refractivity contribution in [2.24, 2.45) is 0 Å². The molecule has 1 N–H and O–H groups in total. The molecular weight excluding hydrogens is 124 g/mol. The van der Waals surface area contributed by atoms with E-state index in [1.54, 1.807) is 0 Å². The normalized spacial score (nSPS) is 4.00. The predicted octanol–water partition coefficient (Wildman–Crippen LogP) is -3.35. The van der Waals surface area contributed by atoms with Crippen LogP contribution in [-0.4, -0.2) is 10.3 Å². The van der Waals surface area contributed by atoms with Crippen LogP contribution in [0.2, 0.25) is 0 Å². The molecular formula is HLiMnNO3+3. The van der Waals surface area contributed by atoms with Gasteiger partial charge >= 0.3 is 35.9 Å². The van der Waals surface area contributed by atoms with Crippen molar-refractivity contribution < 1.29 is 46.2 Å². The molecule has 29 valence electrons.